The zero-order valence-corrected chi connectivity index (χ0v) is 14.0. The summed E-state index contributed by atoms with van der Waals surface area (Å²) in [6, 6.07) is 6.41. The first kappa shape index (κ1) is 17.3. The van der Waals surface area contributed by atoms with Gasteiger partial charge in [0.1, 0.15) is 5.75 Å². The van der Waals surface area contributed by atoms with Crippen LogP contribution in [0.2, 0.25) is 5.02 Å². The molecular weight excluding hydrogens is 270 g/mol. The van der Waals surface area contributed by atoms with Gasteiger partial charge in [0, 0.05) is 6.04 Å². The summed E-state index contributed by atoms with van der Waals surface area (Å²) in [5.41, 5.74) is 1.21. The van der Waals surface area contributed by atoms with Crippen molar-refractivity contribution >= 4 is 11.6 Å². The number of rotatable bonds is 9. The fraction of sp³-hybridized carbons (Fsp3) is 0.647. The number of hydrogen-bond acceptors (Lipinski definition) is 2. The summed E-state index contributed by atoms with van der Waals surface area (Å²) >= 11 is 6.32. The highest BCUT2D eigenvalue weighted by Gasteiger charge is 2.09. The summed E-state index contributed by atoms with van der Waals surface area (Å²) in [6.45, 7) is 10.5. The van der Waals surface area contributed by atoms with Crippen LogP contribution < -0.4 is 10.1 Å². The number of nitrogens with one attached hydrogen (secondary N) is 1. The zero-order chi connectivity index (χ0) is 15.0. The molecule has 0 heterocycles. The molecule has 0 saturated heterocycles. The SMILES string of the molecule is CCCNC(C)c1ccc(OCC(C)CCC)c(Cl)c1. The summed E-state index contributed by atoms with van der Waals surface area (Å²) in [5.74, 6) is 1.36. The van der Waals surface area contributed by atoms with Gasteiger partial charge in [0.25, 0.3) is 0 Å². The van der Waals surface area contributed by atoms with Crippen LogP contribution in [-0.2, 0) is 0 Å². The maximum absolute atomic E-state index is 6.32. The van der Waals surface area contributed by atoms with Crippen molar-refractivity contribution in [3.63, 3.8) is 0 Å². The lowest BCUT2D eigenvalue weighted by atomic mass is 10.1. The third kappa shape index (κ3) is 5.72. The molecule has 3 heteroatoms. The van der Waals surface area contributed by atoms with E-state index in [9.17, 15) is 0 Å². The lowest BCUT2D eigenvalue weighted by Gasteiger charge is -2.17. The van der Waals surface area contributed by atoms with Crippen molar-refractivity contribution in [2.75, 3.05) is 13.2 Å². The van der Waals surface area contributed by atoms with Gasteiger partial charge in [0.05, 0.1) is 11.6 Å². The van der Waals surface area contributed by atoms with E-state index >= 15 is 0 Å². The predicted molar refractivity (Wildman–Crippen MR) is 87.7 cm³/mol. The van der Waals surface area contributed by atoms with E-state index < -0.39 is 0 Å². The quantitative estimate of drug-likeness (QED) is 0.675. The van der Waals surface area contributed by atoms with Crippen LogP contribution in [0, 0.1) is 5.92 Å². The van der Waals surface area contributed by atoms with E-state index in [1.165, 1.54) is 18.4 Å². The molecule has 1 aromatic carbocycles. The Morgan fingerprint density at radius 2 is 1.95 bits per heavy atom. The standard InChI is InChI=1S/C17H28ClNO/c1-5-7-13(3)12-20-17-9-8-15(11-16(17)18)14(4)19-10-6-2/h8-9,11,13-14,19H,5-7,10,12H2,1-4H3. The molecule has 20 heavy (non-hydrogen) atoms. The van der Waals surface area contributed by atoms with Crippen molar-refractivity contribution in [3.05, 3.63) is 28.8 Å². The molecule has 2 atom stereocenters. The molecule has 0 radical (unpaired) electrons. The van der Waals surface area contributed by atoms with Crippen LogP contribution in [0.4, 0.5) is 0 Å². The Labute approximate surface area is 128 Å². The monoisotopic (exact) mass is 297 g/mol. The maximum Gasteiger partial charge on any atom is 0.137 e. The normalized spacial score (nSPS) is 14.1. The molecule has 1 aromatic rings. The predicted octanol–water partition coefficient (Wildman–Crippen LogP) is 5.22. The Morgan fingerprint density at radius 3 is 2.55 bits per heavy atom. The van der Waals surface area contributed by atoms with E-state index in [4.69, 9.17) is 16.3 Å². The van der Waals surface area contributed by atoms with Crippen LogP contribution in [0.1, 0.15) is 58.6 Å². The van der Waals surface area contributed by atoms with Crippen molar-refractivity contribution in [2.45, 2.75) is 53.0 Å². The number of halogens is 1. The van der Waals surface area contributed by atoms with Gasteiger partial charge in [-0.25, -0.2) is 0 Å². The van der Waals surface area contributed by atoms with Gasteiger partial charge in [-0.15, -0.1) is 0 Å². The number of hydrogen-bond donors (Lipinski definition) is 1. The largest absolute Gasteiger partial charge is 0.492 e. The average molecular weight is 298 g/mol. The summed E-state index contributed by atoms with van der Waals surface area (Å²) in [7, 11) is 0. The van der Waals surface area contributed by atoms with Crippen LogP contribution in [0.3, 0.4) is 0 Å². The number of ether oxygens (including phenoxy) is 1. The highest BCUT2D eigenvalue weighted by atomic mass is 35.5. The second kappa shape index (κ2) is 9.25. The first-order valence-electron chi connectivity index (χ1n) is 7.74. The van der Waals surface area contributed by atoms with Gasteiger partial charge in [-0.3, -0.25) is 0 Å². The molecule has 0 spiro atoms. The third-order valence-electron chi connectivity index (χ3n) is 3.46. The van der Waals surface area contributed by atoms with E-state index in [0.717, 1.165) is 25.3 Å². The van der Waals surface area contributed by atoms with E-state index in [1.54, 1.807) is 0 Å². The van der Waals surface area contributed by atoms with Crippen LogP contribution >= 0.6 is 11.6 Å². The molecule has 0 saturated carbocycles. The first-order chi connectivity index (χ1) is 9.58. The van der Waals surface area contributed by atoms with Gasteiger partial charge in [0.15, 0.2) is 0 Å². The van der Waals surface area contributed by atoms with Gasteiger partial charge < -0.3 is 10.1 Å². The molecule has 0 aliphatic rings. The summed E-state index contributed by atoms with van der Waals surface area (Å²) in [4.78, 5) is 0. The van der Waals surface area contributed by atoms with Gasteiger partial charge in [-0.2, -0.15) is 0 Å². The molecular formula is C17H28ClNO. The molecule has 0 aliphatic carbocycles. The molecule has 0 fully saturated rings. The fourth-order valence-corrected chi connectivity index (χ4v) is 2.43. The van der Waals surface area contributed by atoms with Crippen molar-refractivity contribution in [1.29, 1.82) is 0 Å². The second-order valence-electron chi connectivity index (χ2n) is 5.57. The Bertz CT molecular complexity index is 395. The lowest BCUT2D eigenvalue weighted by Crippen LogP contribution is -2.19. The summed E-state index contributed by atoms with van der Waals surface area (Å²) in [5, 5.41) is 4.17. The molecule has 0 amide bonds. The topological polar surface area (TPSA) is 21.3 Å². The van der Waals surface area contributed by atoms with Crippen LogP contribution in [0.15, 0.2) is 18.2 Å². The van der Waals surface area contributed by atoms with Crippen LogP contribution in [-0.4, -0.2) is 13.2 Å². The molecule has 0 aromatic heterocycles. The lowest BCUT2D eigenvalue weighted by molar-refractivity contribution is 0.251. The maximum atomic E-state index is 6.32. The average Bonchev–Trinajstić information content (AvgIpc) is 2.43. The molecule has 114 valence electrons. The minimum absolute atomic E-state index is 0.320. The minimum atomic E-state index is 0.320. The minimum Gasteiger partial charge on any atom is -0.492 e. The highest BCUT2D eigenvalue weighted by Crippen LogP contribution is 2.28. The van der Waals surface area contributed by atoms with Gasteiger partial charge in [-0.05, 0) is 49.9 Å². The smallest absolute Gasteiger partial charge is 0.137 e. The molecule has 2 unspecified atom stereocenters. The molecule has 1 N–H and O–H groups in total. The number of benzene rings is 1. The van der Waals surface area contributed by atoms with E-state index in [1.807, 2.05) is 12.1 Å². The van der Waals surface area contributed by atoms with Crippen LogP contribution in [0.25, 0.3) is 0 Å². The Hall–Kier alpha value is -0.730. The zero-order valence-electron chi connectivity index (χ0n) is 13.2. The molecule has 2 nitrogen and oxygen atoms in total. The Balaban J connectivity index is 2.59. The van der Waals surface area contributed by atoms with Crippen molar-refractivity contribution in [1.82, 2.24) is 5.32 Å². The third-order valence-corrected chi connectivity index (χ3v) is 3.76. The summed E-state index contributed by atoms with van der Waals surface area (Å²) in [6.07, 6.45) is 3.51. The Morgan fingerprint density at radius 1 is 1.20 bits per heavy atom. The van der Waals surface area contributed by atoms with Crippen molar-refractivity contribution in [2.24, 2.45) is 5.92 Å². The molecule has 1 rings (SSSR count). The van der Waals surface area contributed by atoms with E-state index in [0.29, 0.717) is 17.0 Å². The van der Waals surface area contributed by atoms with Crippen molar-refractivity contribution < 1.29 is 4.74 Å². The second-order valence-corrected chi connectivity index (χ2v) is 5.98. The van der Waals surface area contributed by atoms with E-state index in [2.05, 4.69) is 39.1 Å². The van der Waals surface area contributed by atoms with Crippen LogP contribution in [0.5, 0.6) is 5.75 Å². The van der Waals surface area contributed by atoms with E-state index in [-0.39, 0.29) is 0 Å². The Kier molecular flexibility index (Phi) is 8.01. The highest BCUT2D eigenvalue weighted by molar-refractivity contribution is 6.32. The van der Waals surface area contributed by atoms with Gasteiger partial charge >= 0.3 is 0 Å². The fourth-order valence-electron chi connectivity index (χ4n) is 2.19. The van der Waals surface area contributed by atoms with Gasteiger partial charge in [0.2, 0.25) is 0 Å². The molecule has 0 aliphatic heterocycles. The summed E-state index contributed by atoms with van der Waals surface area (Å²) < 4.78 is 5.81. The first-order valence-corrected chi connectivity index (χ1v) is 8.11. The van der Waals surface area contributed by atoms with Crippen molar-refractivity contribution in [3.8, 4) is 5.75 Å². The van der Waals surface area contributed by atoms with Gasteiger partial charge in [-0.1, -0.05) is 44.9 Å². The molecule has 0 bridgehead atoms.